The molecule has 152 valence electrons. The van der Waals surface area contributed by atoms with Crippen molar-refractivity contribution in [3.8, 4) is 0 Å². The van der Waals surface area contributed by atoms with Gasteiger partial charge in [-0.25, -0.2) is 4.79 Å². The first-order chi connectivity index (χ1) is 14.1. The van der Waals surface area contributed by atoms with Gasteiger partial charge in [-0.3, -0.25) is 19.5 Å². The van der Waals surface area contributed by atoms with Gasteiger partial charge >= 0.3 is 6.03 Å². The number of rotatable bonds is 7. The Labute approximate surface area is 173 Å². The first-order valence-electron chi connectivity index (χ1n) is 9.22. The highest BCUT2D eigenvalue weighted by Gasteiger charge is 2.29. The standard InChI is InChI=1S/C20H23N5O3S/c1-29-11-9-16(19(27)22-12-14-6-4-5-10-21-14)24-20(28)25-13-18(26)23-15-7-2-3-8-17(15)25/h2-8,10,16H,9,11-13H2,1H3,(H,22,27)(H,23,26)(H,24,28). The highest BCUT2D eigenvalue weighted by atomic mass is 32.2. The second kappa shape index (κ2) is 9.92. The molecule has 0 spiro atoms. The van der Waals surface area contributed by atoms with Gasteiger partial charge in [0.15, 0.2) is 0 Å². The van der Waals surface area contributed by atoms with Crippen molar-refractivity contribution < 1.29 is 14.4 Å². The maximum absolute atomic E-state index is 12.9. The molecule has 0 saturated carbocycles. The summed E-state index contributed by atoms with van der Waals surface area (Å²) in [4.78, 5) is 43.1. The summed E-state index contributed by atoms with van der Waals surface area (Å²) in [5.41, 5.74) is 1.90. The zero-order chi connectivity index (χ0) is 20.6. The minimum Gasteiger partial charge on any atom is -0.349 e. The number of nitrogens with zero attached hydrogens (tertiary/aromatic N) is 2. The van der Waals surface area contributed by atoms with Crippen molar-refractivity contribution in [2.75, 3.05) is 28.8 Å². The monoisotopic (exact) mass is 413 g/mol. The summed E-state index contributed by atoms with van der Waals surface area (Å²) < 4.78 is 0. The predicted octanol–water partition coefficient (Wildman–Crippen LogP) is 1.99. The number of hydrogen-bond donors (Lipinski definition) is 3. The van der Waals surface area contributed by atoms with E-state index < -0.39 is 12.1 Å². The SMILES string of the molecule is CSCCC(NC(=O)N1CC(=O)Nc2ccccc21)C(=O)NCc1ccccn1. The molecular weight excluding hydrogens is 390 g/mol. The molecule has 0 saturated heterocycles. The summed E-state index contributed by atoms with van der Waals surface area (Å²) in [5.74, 6) is 0.144. The number of anilines is 2. The second-order valence-electron chi connectivity index (χ2n) is 6.47. The van der Waals surface area contributed by atoms with Crippen molar-refractivity contribution in [3.63, 3.8) is 0 Å². The molecule has 1 aliphatic heterocycles. The quantitative estimate of drug-likeness (QED) is 0.644. The van der Waals surface area contributed by atoms with Crippen LogP contribution in [0.25, 0.3) is 0 Å². The van der Waals surface area contributed by atoms with Gasteiger partial charge in [0, 0.05) is 6.20 Å². The summed E-state index contributed by atoms with van der Waals surface area (Å²) in [6, 6.07) is 11.3. The van der Waals surface area contributed by atoms with Crippen LogP contribution in [0.2, 0.25) is 0 Å². The fourth-order valence-corrected chi connectivity index (χ4v) is 3.42. The largest absolute Gasteiger partial charge is 0.349 e. The normalized spacial score (nSPS) is 13.8. The van der Waals surface area contributed by atoms with Gasteiger partial charge in [0.1, 0.15) is 12.6 Å². The number of thioether (sulfide) groups is 1. The zero-order valence-corrected chi connectivity index (χ0v) is 16.9. The van der Waals surface area contributed by atoms with Gasteiger partial charge in [0.05, 0.1) is 23.6 Å². The van der Waals surface area contributed by atoms with Gasteiger partial charge in [0.25, 0.3) is 0 Å². The number of pyridine rings is 1. The number of carbonyl (C=O) groups is 3. The Balaban J connectivity index is 1.68. The van der Waals surface area contributed by atoms with Crippen LogP contribution in [0.1, 0.15) is 12.1 Å². The lowest BCUT2D eigenvalue weighted by Gasteiger charge is -2.30. The van der Waals surface area contributed by atoms with E-state index in [1.54, 1.807) is 48.3 Å². The average molecular weight is 414 g/mol. The van der Waals surface area contributed by atoms with Crippen molar-refractivity contribution in [3.05, 3.63) is 54.4 Å². The summed E-state index contributed by atoms with van der Waals surface area (Å²) in [5, 5.41) is 8.34. The van der Waals surface area contributed by atoms with Gasteiger partial charge in [-0.1, -0.05) is 18.2 Å². The fraction of sp³-hybridized carbons (Fsp3) is 0.300. The van der Waals surface area contributed by atoms with Gasteiger partial charge < -0.3 is 16.0 Å². The molecule has 0 aliphatic carbocycles. The number of hydrogen-bond acceptors (Lipinski definition) is 5. The van der Waals surface area contributed by atoms with Crippen molar-refractivity contribution in [1.29, 1.82) is 0 Å². The smallest absolute Gasteiger partial charge is 0.323 e. The number of benzene rings is 1. The fourth-order valence-electron chi connectivity index (χ4n) is 2.95. The maximum atomic E-state index is 12.9. The summed E-state index contributed by atoms with van der Waals surface area (Å²) >= 11 is 1.59. The third-order valence-corrected chi connectivity index (χ3v) is 5.05. The maximum Gasteiger partial charge on any atom is 0.323 e. The van der Waals surface area contributed by atoms with E-state index in [0.717, 1.165) is 5.69 Å². The molecule has 2 aromatic rings. The van der Waals surface area contributed by atoms with Crippen LogP contribution in [0.3, 0.4) is 0 Å². The number of para-hydroxylation sites is 2. The van der Waals surface area contributed by atoms with Gasteiger partial charge in [-0.05, 0) is 42.7 Å². The molecule has 8 nitrogen and oxygen atoms in total. The third kappa shape index (κ3) is 5.47. The highest BCUT2D eigenvalue weighted by molar-refractivity contribution is 7.98. The van der Waals surface area contributed by atoms with E-state index in [9.17, 15) is 14.4 Å². The summed E-state index contributed by atoms with van der Waals surface area (Å²) in [6.07, 6.45) is 4.08. The van der Waals surface area contributed by atoms with Crippen LogP contribution in [-0.2, 0) is 16.1 Å². The van der Waals surface area contributed by atoms with Gasteiger partial charge in [0.2, 0.25) is 11.8 Å². The Kier molecular flexibility index (Phi) is 7.07. The molecule has 1 aromatic heterocycles. The molecule has 29 heavy (non-hydrogen) atoms. The lowest BCUT2D eigenvalue weighted by Crippen LogP contribution is -2.54. The third-order valence-electron chi connectivity index (χ3n) is 4.41. The molecule has 2 heterocycles. The summed E-state index contributed by atoms with van der Waals surface area (Å²) in [6.45, 7) is 0.175. The van der Waals surface area contributed by atoms with E-state index in [1.165, 1.54) is 4.90 Å². The van der Waals surface area contributed by atoms with Crippen molar-refractivity contribution in [1.82, 2.24) is 15.6 Å². The Morgan fingerprint density at radius 2 is 2.03 bits per heavy atom. The van der Waals surface area contributed by atoms with E-state index >= 15 is 0 Å². The average Bonchev–Trinajstić information content (AvgIpc) is 2.74. The van der Waals surface area contributed by atoms with Crippen LogP contribution >= 0.6 is 11.8 Å². The van der Waals surface area contributed by atoms with Crippen LogP contribution in [0, 0.1) is 0 Å². The Morgan fingerprint density at radius 3 is 2.79 bits per heavy atom. The molecule has 0 radical (unpaired) electrons. The Hall–Kier alpha value is -3.07. The van der Waals surface area contributed by atoms with Crippen LogP contribution in [-0.4, -0.2) is 47.4 Å². The topological polar surface area (TPSA) is 103 Å². The van der Waals surface area contributed by atoms with E-state index in [1.807, 2.05) is 18.4 Å². The first-order valence-corrected chi connectivity index (χ1v) is 10.6. The number of amides is 4. The van der Waals surface area contributed by atoms with Crippen LogP contribution < -0.4 is 20.9 Å². The second-order valence-corrected chi connectivity index (χ2v) is 7.46. The minimum absolute atomic E-state index is 0.104. The summed E-state index contributed by atoms with van der Waals surface area (Å²) in [7, 11) is 0. The molecule has 0 fully saturated rings. The van der Waals surface area contributed by atoms with E-state index in [0.29, 0.717) is 23.5 Å². The lowest BCUT2D eigenvalue weighted by atomic mass is 10.2. The molecule has 1 unspecified atom stereocenters. The van der Waals surface area contributed by atoms with Gasteiger partial charge in [-0.15, -0.1) is 0 Å². The first kappa shape index (κ1) is 20.7. The number of urea groups is 1. The van der Waals surface area contributed by atoms with Crippen molar-refractivity contribution >= 4 is 41.0 Å². The molecule has 1 atom stereocenters. The predicted molar refractivity (Wildman–Crippen MR) is 114 cm³/mol. The Bertz CT molecular complexity index is 877. The molecule has 1 aromatic carbocycles. The highest BCUT2D eigenvalue weighted by Crippen LogP contribution is 2.28. The minimum atomic E-state index is -0.712. The van der Waals surface area contributed by atoms with Crippen LogP contribution in [0.5, 0.6) is 0 Å². The number of fused-ring (bicyclic) bond motifs is 1. The molecule has 1 aliphatic rings. The molecule has 3 N–H and O–H groups in total. The number of aromatic nitrogens is 1. The van der Waals surface area contributed by atoms with Crippen molar-refractivity contribution in [2.24, 2.45) is 0 Å². The molecular formula is C20H23N5O3S. The molecule has 4 amide bonds. The van der Waals surface area contributed by atoms with E-state index in [4.69, 9.17) is 0 Å². The molecule has 0 bridgehead atoms. The molecule has 9 heteroatoms. The number of nitrogens with one attached hydrogen (secondary N) is 3. The lowest BCUT2D eigenvalue weighted by molar-refractivity contribution is -0.123. The van der Waals surface area contributed by atoms with Gasteiger partial charge in [-0.2, -0.15) is 11.8 Å². The number of carbonyl (C=O) groups excluding carboxylic acids is 3. The van der Waals surface area contributed by atoms with E-state index in [-0.39, 0.29) is 24.9 Å². The van der Waals surface area contributed by atoms with Crippen LogP contribution in [0.15, 0.2) is 48.7 Å². The zero-order valence-electron chi connectivity index (χ0n) is 16.1. The van der Waals surface area contributed by atoms with Crippen LogP contribution in [0.4, 0.5) is 16.2 Å². The molecule has 3 rings (SSSR count). The van der Waals surface area contributed by atoms with Crippen molar-refractivity contribution in [2.45, 2.75) is 19.0 Å². The van der Waals surface area contributed by atoms with E-state index in [2.05, 4.69) is 20.9 Å². The Morgan fingerprint density at radius 1 is 1.24 bits per heavy atom.